The number of thiazole rings is 1. The average Bonchev–Trinajstić information content (AvgIpc) is 3.22. The lowest BCUT2D eigenvalue weighted by atomic mass is 10.1. The Bertz CT molecular complexity index is 1010. The Morgan fingerprint density at radius 1 is 1.03 bits per heavy atom. The van der Waals surface area contributed by atoms with Gasteiger partial charge in [-0.2, -0.15) is 0 Å². The minimum Gasteiger partial charge on any atom is -0.451 e. The third kappa shape index (κ3) is 6.25. The Labute approximate surface area is 178 Å². The van der Waals surface area contributed by atoms with Crippen molar-refractivity contribution >= 4 is 34.3 Å². The standard InChI is InChI=1S/C22H21N3O4S/c1-15(29-20(27)13-23-19(26)12-16-8-4-2-5-9-16)21(28)25-22-24-18(14-30-22)17-10-6-3-7-11-17/h2-11,14-15H,12-13H2,1H3,(H,23,26)(H,24,25,28). The molecular weight excluding hydrogens is 402 g/mol. The molecule has 0 bridgehead atoms. The summed E-state index contributed by atoms with van der Waals surface area (Å²) in [4.78, 5) is 40.5. The molecule has 0 spiro atoms. The van der Waals surface area contributed by atoms with E-state index in [1.54, 1.807) is 0 Å². The van der Waals surface area contributed by atoms with Gasteiger partial charge in [-0.1, -0.05) is 60.7 Å². The van der Waals surface area contributed by atoms with E-state index in [1.165, 1.54) is 18.3 Å². The number of carbonyl (C=O) groups excluding carboxylic acids is 3. The largest absolute Gasteiger partial charge is 0.451 e. The predicted octanol–water partition coefficient (Wildman–Crippen LogP) is 3.04. The molecule has 2 amide bonds. The van der Waals surface area contributed by atoms with Gasteiger partial charge in [0.05, 0.1) is 12.1 Å². The first-order chi connectivity index (χ1) is 14.5. The molecule has 1 heterocycles. The van der Waals surface area contributed by atoms with Crippen molar-refractivity contribution in [2.24, 2.45) is 0 Å². The summed E-state index contributed by atoms with van der Waals surface area (Å²) in [7, 11) is 0. The highest BCUT2D eigenvalue weighted by Gasteiger charge is 2.19. The number of nitrogens with zero attached hydrogens (tertiary/aromatic N) is 1. The number of amides is 2. The minimum atomic E-state index is -1.02. The lowest BCUT2D eigenvalue weighted by molar-refractivity contribution is -0.152. The van der Waals surface area contributed by atoms with Gasteiger partial charge in [-0.05, 0) is 12.5 Å². The Hall–Kier alpha value is -3.52. The number of rotatable bonds is 8. The van der Waals surface area contributed by atoms with Crippen LogP contribution in [0.5, 0.6) is 0 Å². The molecule has 7 nitrogen and oxygen atoms in total. The molecule has 0 aliphatic heterocycles. The van der Waals surface area contributed by atoms with Crippen molar-refractivity contribution in [3.63, 3.8) is 0 Å². The molecule has 2 N–H and O–H groups in total. The van der Waals surface area contributed by atoms with E-state index in [1.807, 2.05) is 66.0 Å². The fourth-order valence-electron chi connectivity index (χ4n) is 2.59. The molecule has 0 fully saturated rings. The van der Waals surface area contributed by atoms with Gasteiger partial charge < -0.3 is 10.1 Å². The highest BCUT2D eigenvalue weighted by Crippen LogP contribution is 2.24. The molecule has 0 aliphatic carbocycles. The maximum atomic E-state index is 12.3. The molecular formula is C22H21N3O4S. The second-order valence-electron chi connectivity index (χ2n) is 6.46. The van der Waals surface area contributed by atoms with Crippen LogP contribution in [0.25, 0.3) is 11.3 Å². The summed E-state index contributed by atoms with van der Waals surface area (Å²) in [6.07, 6.45) is -0.856. The van der Waals surface area contributed by atoms with Crippen molar-refractivity contribution < 1.29 is 19.1 Å². The number of benzene rings is 2. The lowest BCUT2D eigenvalue weighted by Crippen LogP contribution is -2.36. The average molecular weight is 423 g/mol. The smallest absolute Gasteiger partial charge is 0.326 e. The van der Waals surface area contributed by atoms with Crippen LogP contribution < -0.4 is 10.6 Å². The third-order valence-corrected chi connectivity index (χ3v) is 4.88. The van der Waals surface area contributed by atoms with Gasteiger partial charge in [-0.3, -0.25) is 19.7 Å². The summed E-state index contributed by atoms with van der Waals surface area (Å²) < 4.78 is 5.09. The molecule has 1 aromatic heterocycles. The number of nitrogens with one attached hydrogen (secondary N) is 2. The molecule has 0 aliphatic rings. The van der Waals surface area contributed by atoms with Gasteiger partial charge in [0.15, 0.2) is 11.2 Å². The molecule has 1 atom stereocenters. The molecule has 8 heteroatoms. The van der Waals surface area contributed by atoms with Crippen LogP contribution in [-0.4, -0.2) is 35.4 Å². The van der Waals surface area contributed by atoms with E-state index in [9.17, 15) is 14.4 Å². The van der Waals surface area contributed by atoms with Gasteiger partial charge in [0.2, 0.25) is 5.91 Å². The topological polar surface area (TPSA) is 97.4 Å². The summed E-state index contributed by atoms with van der Waals surface area (Å²) in [5, 5.41) is 7.38. The second-order valence-corrected chi connectivity index (χ2v) is 7.32. The first-order valence-electron chi connectivity index (χ1n) is 9.33. The third-order valence-electron chi connectivity index (χ3n) is 4.12. The lowest BCUT2D eigenvalue weighted by Gasteiger charge is -2.12. The zero-order valence-electron chi connectivity index (χ0n) is 16.3. The summed E-state index contributed by atoms with van der Waals surface area (Å²) in [5.74, 6) is -1.48. The minimum absolute atomic E-state index is 0.165. The predicted molar refractivity (Wildman–Crippen MR) is 115 cm³/mol. The van der Waals surface area contributed by atoms with Crippen LogP contribution in [0, 0.1) is 0 Å². The molecule has 2 aromatic carbocycles. The van der Waals surface area contributed by atoms with Gasteiger partial charge in [-0.15, -0.1) is 11.3 Å². The Kier molecular flexibility index (Phi) is 7.29. The van der Waals surface area contributed by atoms with Crippen LogP contribution >= 0.6 is 11.3 Å². The van der Waals surface area contributed by atoms with E-state index < -0.39 is 18.0 Å². The van der Waals surface area contributed by atoms with Crippen molar-refractivity contribution in [3.8, 4) is 11.3 Å². The van der Waals surface area contributed by atoms with Crippen molar-refractivity contribution in [3.05, 3.63) is 71.6 Å². The van der Waals surface area contributed by atoms with Crippen molar-refractivity contribution in [2.75, 3.05) is 11.9 Å². The summed E-state index contributed by atoms with van der Waals surface area (Å²) in [6, 6.07) is 18.8. The highest BCUT2D eigenvalue weighted by molar-refractivity contribution is 7.14. The fourth-order valence-corrected chi connectivity index (χ4v) is 3.31. The first-order valence-corrected chi connectivity index (χ1v) is 10.2. The van der Waals surface area contributed by atoms with E-state index in [2.05, 4.69) is 15.6 Å². The second kappa shape index (κ2) is 10.3. The normalized spacial score (nSPS) is 11.4. The quantitative estimate of drug-likeness (QED) is 0.543. The van der Waals surface area contributed by atoms with Crippen LogP contribution in [0.15, 0.2) is 66.0 Å². The van der Waals surface area contributed by atoms with E-state index in [4.69, 9.17) is 4.74 Å². The number of esters is 1. The number of ether oxygens (including phenoxy) is 1. The van der Waals surface area contributed by atoms with E-state index in [-0.39, 0.29) is 18.9 Å². The molecule has 1 unspecified atom stereocenters. The molecule has 0 saturated heterocycles. The maximum Gasteiger partial charge on any atom is 0.326 e. The van der Waals surface area contributed by atoms with Crippen molar-refractivity contribution in [1.82, 2.24) is 10.3 Å². The summed E-state index contributed by atoms with van der Waals surface area (Å²) in [6.45, 7) is 1.16. The fraction of sp³-hybridized carbons (Fsp3) is 0.182. The van der Waals surface area contributed by atoms with Gasteiger partial charge in [-0.25, -0.2) is 4.98 Å². The molecule has 0 saturated carbocycles. The van der Waals surface area contributed by atoms with E-state index >= 15 is 0 Å². The summed E-state index contributed by atoms with van der Waals surface area (Å²) >= 11 is 1.28. The summed E-state index contributed by atoms with van der Waals surface area (Å²) in [5.41, 5.74) is 2.54. The Balaban J connectivity index is 1.43. The highest BCUT2D eigenvalue weighted by atomic mass is 32.1. The number of hydrogen-bond acceptors (Lipinski definition) is 6. The SMILES string of the molecule is CC(OC(=O)CNC(=O)Cc1ccccc1)C(=O)Nc1nc(-c2ccccc2)cs1. The Morgan fingerprint density at radius 2 is 1.70 bits per heavy atom. The number of anilines is 1. The zero-order chi connectivity index (χ0) is 21.3. The molecule has 154 valence electrons. The number of carbonyl (C=O) groups is 3. The van der Waals surface area contributed by atoms with Crippen LogP contribution in [0.3, 0.4) is 0 Å². The molecule has 0 radical (unpaired) electrons. The molecule has 30 heavy (non-hydrogen) atoms. The number of hydrogen-bond donors (Lipinski definition) is 2. The van der Waals surface area contributed by atoms with E-state index in [0.717, 1.165) is 16.8 Å². The first kappa shape index (κ1) is 21.2. The maximum absolute atomic E-state index is 12.3. The number of aromatic nitrogens is 1. The van der Waals surface area contributed by atoms with Gasteiger partial charge in [0.1, 0.15) is 6.54 Å². The van der Waals surface area contributed by atoms with Crippen LogP contribution in [0.1, 0.15) is 12.5 Å². The van der Waals surface area contributed by atoms with Gasteiger partial charge in [0, 0.05) is 10.9 Å². The Morgan fingerprint density at radius 3 is 2.40 bits per heavy atom. The van der Waals surface area contributed by atoms with Crippen LogP contribution in [0.4, 0.5) is 5.13 Å². The van der Waals surface area contributed by atoms with Crippen molar-refractivity contribution in [2.45, 2.75) is 19.4 Å². The molecule has 3 rings (SSSR count). The van der Waals surface area contributed by atoms with Crippen molar-refractivity contribution in [1.29, 1.82) is 0 Å². The van der Waals surface area contributed by atoms with Gasteiger partial charge >= 0.3 is 5.97 Å². The zero-order valence-corrected chi connectivity index (χ0v) is 17.1. The molecule has 3 aromatic rings. The monoisotopic (exact) mass is 423 g/mol. The van der Waals surface area contributed by atoms with Crippen LogP contribution in [-0.2, 0) is 25.5 Å². The van der Waals surface area contributed by atoms with Gasteiger partial charge in [0.25, 0.3) is 5.91 Å². The van der Waals surface area contributed by atoms with Crippen LogP contribution in [0.2, 0.25) is 0 Å². The van der Waals surface area contributed by atoms with E-state index in [0.29, 0.717) is 5.13 Å².